The Labute approximate surface area is 138 Å². The number of aromatic amines is 1. The van der Waals surface area contributed by atoms with E-state index in [0.29, 0.717) is 22.9 Å². The second-order valence-electron chi connectivity index (χ2n) is 6.36. The van der Waals surface area contributed by atoms with E-state index in [4.69, 9.17) is 5.73 Å². The molecular weight excluding hydrogens is 307 g/mol. The highest BCUT2D eigenvalue weighted by atomic mass is 19.1. The van der Waals surface area contributed by atoms with Crippen molar-refractivity contribution in [1.29, 1.82) is 0 Å². The molecule has 1 aliphatic rings. The van der Waals surface area contributed by atoms with Crippen LogP contribution in [0.15, 0.2) is 42.9 Å². The van der Waals surface area contributed by atoms with Crippen LogP contribution in [0, 0.1) is 5.82 Å². The first kappa shape index (κ1) is 14.8. The summed E-state index contributed by atoms with van der Waals surface area (Å²) in [5, 5.41) is 7.16. The third kappa shape index (κ3) is 2.02. The maximum atomic E-state index is 14.5. The molecule has 2 aromatic heterocycles. The number of carbonyl (C=O) groups excluding carboxylic acids is 1. The van der Waals surface area contributed by atoms with Gasteiger partial charge in [-0.25, -0.2) is 4.39 Å². The van der Waals surface area contributed by atoms with E-state index in [0.717, 1.165) is 18.4 Å². The molecule has 3 N–H and O–H groups in total. The number of nitrogens with zero attached hydrogens (tertiary/aromatic N) is 2. The quantitative estimate of drug-likeness (QED) is 0.777. The van der Waals surface area contributed by atoms with Crippen LogP contribution in [0.3, 0.4) is 0 Å². The van der Waals surface area contributed by atoms with Gasteiger partial charge in [0.05, 0.1) is 11.6 Å². The molecule has 2 unspecified atom stereocenters. The van der Waals surface area contributed by atoms with Gasteiger partial charge in [0, 0.05) is 23.7 Å². The van der Waals surface area contributed by atoms with Gasteiger partial charge in [-0.2, -0.15) is 5.10 Å². The van der Waals surface area contributed by atoms with Crippen LogP contribution in [0.1, 0.15) is 36.3 Å². The van der Waals surface area contributed by atoms with E-state index in [1.54, 1.807) is 18.6 Å². The number of rotatable bonds is 3. The second-order valence-corrected chi connectivity index (χ2v) is 6.36. The van der Waals surface area contributed by atoms with E-state index in [-0.39, 0.29) is 5.92 Å². The van der Waals surface area contributed by atoms with Crippen LogP contribution >= 0.6 is 0 Å². The zero-order valence-electron chi connectivity index (χ0n) is 13.0. The van der Waals surface area contributed by atoms with Crippen molar-refractivity contribution in [2.75, 3.05) is 0 Å². The minimum Gasteiger partial charge on any atom is -0.369 e. The molecule has 3 aromatic rings. The summed E-state index contributed by atoms with van der Waals surface area (Å²) in [5.41, 5.74) is 6.86. The van der Waals surface area contributed by atoms with Crippen molar-refractivity contribution < 1.29 is 9.18 Å². The molecule has 0 aliphatic heterocycles. The lowest BCUT2D eigenvalue weighted by Crippen LogP contribution is -2.43. The molecule has 5 nitrogen and oxygen atoms in total. The lowest BCUT2D eigenvalue weighted by molar-refractivity contribution is -0.123. The number of hydrogen-bond donors (Lipinski definition) is 2. The van der Waals surface area contributed by atoms with E-state index >= 15 is 0 Å². The van der Waals surface area contributed by atoms with Crippen molar-refractivity contribution in [2.24, 2.45) is 5.73 Å². The molecule has 2 heterocycles. The maximum Gasteiger partial charge on any atom is 0.228 e. The number of benzene rings is 1. The third-order valence-corrected chi connectivity index (χ3v) is 5.20. The summed E-state index contributed by atoms with van der Waals surface area (Å²) in [4.78, 5) is 16.7. The number of amides is 1. The van der Waals surface area contributed by atoms with E-state index in [1.807, 2.05) is 18.2 Å². The molecule has 122 valence electrons. The van der Waals surface area contributed by atoms with Crippen molar-refractivity contribution >= 4 is 16.8 Å². The van der Waals surface area contributed by atoms with Crippen LogP contribution < -0.4 is 5.73 Å². The largest absolute Gasteiger partial charge is 0.369 e. The number of halogens is 1. The number of nitrogens with one attached hydrogen (secondary N) is 1. The highest BCUT2D eigenvalue weighted by Crippen LogP contribution is 2.51. The molecule has 1 amide bonds. The van der Waals surface area contributed by atoms with Crippen LogP contribution in [-0.4, -0.2) is 21.1 Å². The third-order valence-electron chi connectivity index (χ3n) is 5.20. The zero-order chi connectivity index (χ0) is 16.7. The average Bonchev–Trinajstić information content (AvgIpc) is 3.23. The van der Waals surface area contributed by atoms with Gasteiger partial charge in [-0.05, 0) is 42.2 Å². The average molecular weight is 324 g/mol. The fraction of sp³-hybridized carbons (Fsp3) is 0.278. The van der Waals surface area contributed by atoms with Gasteiger partial charge in [-0.1, -0.05) is 12.5 Å². The number of fused-ring (bicyclic) bond motifs is 1. The Hall–Kier alpha value is -2.76. The van der Waals surface area contributed by atoms with Gasteiger partial charge >= 0.3 is 0 Å². The van der Waals surface area contributed by atoms with Crippen molar-refractivity contribution in [2.45, 2.75) is 30.6 Å². The van der Waals surface area contributed by atoms with Gasteiger partial charge in [0.15, 0.2) is 0 Å². The standard InChI is InChI=1S/C18H17FN4O/c19-15-8-13(7-12-10-22-23-16(12)15)18(17(20)24)5-1-4-14(18)11-3-2-6-21-9-11/h2-3,6-10,14H,1,4-5H2,(H2,20,24)(H,22,23). The molecule has 0 spiro atoms. The first-order chi connectivity index (χ1) is 11.6. The minimum absolute atomic E-state index is 0.104. The molecule has 0 saturated heterocycles. The Morgan fingerprint density at radius 3 is 3.00 bits per heavy atom. The molecule has 1 aromatic carbocycles. The number of carbonyl (C=O) groups is 1. The first-order valence-electron chi connectivity index (χ1n) is 7.96. The Morgan fingerprint density at radius 2 is 2.25 bits per heavy atom. The first-order valence-corrected chi connectivity index (χ1v) is 7.96. The zero-order valence-corrected chi connectivity index (χ0v) is 13.0. The van der Waals surface area contributed by atoms with Crippen LogP contribution in [0.25, 0.3) is 10.9 Å². The molecule has 0 bridgehead atoms. The summed E-state index contributed by atoms with van der Waals surface area (Å²) < 4.78 is 14.5. The number of aromatic nitrogens is 3. The van der Waals surface area contributed by atoms with Crippen LogP contribution in [0.4, 0.5) is 4.39 Å². The van der Waals surface area contributed by atoms with Crippen molar-refractivity contribution in [1.82, 2.24) is 15.2 Å². The fourth-order valence-corrected chi connectivity index (χ4v) is 4.09. The monoisotopic (exact) mass is 324 g/mol. The van der Waals surface area contributed by atoms with Crippen LogP contribution in [0.2, 0.25) is 0 Å². The maximum absolute atomic E-state index is 14.5. The lowest BCUT2D eigenvalue weighted by Gasteiger charge is -2.33. The van der Waals surface area contributed by atoms with Gasteiger partial charge < -0.3 is 5.73 Å². The van der Waals surface area contributed by atoms with Crippen LogP contribution in [0.5, 0.6) is 0 Å². The van der Waals surface area contributed by atoms with E-state index in [1.165, 1.54) is 6.07 Å². The second kappa shape index (κ2) is 5.40. The highest BCUT2D eigenvalue weighted by Gasteiger charge is 2.50. The predicted molar refractivity (Wildman–Crippen MR) is 87.8 cm³/mol. The topological polar surface area (TPSA) is 84.7 Å². The van der Waals surface area contributed by atoms with E-state index < -0.39 is 17.1 Å². The van der Waals surface area contributed by atoms with Gasteiger partial charge in [-0.15, -0.1) is 0 Å². The van der Waals surface area contributed by atoms with Crippen LogP contribution in [-0.2, 0) is 10.2 Å². The molecular formula is C18H17FN4O. The molecule has 24 heavy (non-hydrogen) atoms. The summed E-state index contributed by atoms with van der Waals surface area (Å²) in [6.07, 6.45) is 7.30. The summed E-state index contributed by atoms with van der Waals surface area (Å²) in [6, 6.07) is 7.04. The molecule has 1 fully saturated rings. The molecule has 2 atom stereocenters. The molecule has 1 saturated carbocycles. The molecule has 4 rings (SSSR count). The van der Waals surface area contributed by atoms with Gasteiger partial charge in [0.1, 0.15) is 11.3 Å². The normalized spacial score (nSPS) is 23.6. The Morgan fingerprint density at radius 1 is 1.38 bits per heavy atom. The molecule has 1 aliphatic carbocycles. The van der Waals surface area contributed by atoms with E-state index in [9.17, 15) is 9.18 Å². The van der Waals surface area contributed by atoms with Gasteiger partial charge in [-0.3, -0.25) is 14.9 Å². The van der Waals surface area contributed by atoms with Gasteiger partial charge in [0.25, 0.3) is 0 Å². The fourth-order valence-electron chi connectivity index (χ4n) is 4.09. The van der Waals surface area contributed by atoms with Crippen molar-refractivity contribution in [3.63, 3.8) is 0 Å². The predicted octanol–water partition coefficient (Wildman–Crippen LogP) is 2.79. The number of hydrogen-bond acceptors (Lipinski definition) is 3. The molecule has 6 heteroatoms. The number of primary amides is 1. The Bertz CT molecular complexity index is 908. The SMILES string of the molecule is NC(=O)C1(c2cc(F)c3[nH]ncc3c2)CCCC1c1cccnc1. The van der Waals surface area contributed by atoms with E-state index in [2.05, 4.69) is 15.2 Å². The van der Waals surface area contributed by atoms with Crippen molar-refractivity contribution in [3.8, 4) is 0 Å². The number of nitrogens with two attached hydrogens (primary N) is 1. The van der Waals surface area contributed by atoms with Crippen molar-refractivity contribution in [3.05, 3.63) is 59.8 Å². The molecule has 0 radical (unpaired) electrons. The highest BCUT2D eigenvalue weighted by molar-refractivity contribution is 5.90. The smallest absolute Gasteiger partial charge is 0.228 e. The number of pyridine rings is 1. The van der Waals surface area contributed by atoms with Gasteiger partial charge in [0.2, 0.25) is 5.91 Å². The summed E-state index contributed by atoms with van der Waals surface area (Å²) in [6.45, 7) is 0. The number of H-pyrrole nitrogens is 1. The Kier molecular flexibility index (Phi) is 3.33. The minimum atomic E-state index is -0.921. The lowest BCUT2D eigenvalue weighted by atomic mass is 9.69. The summed E-state index contributed by atoms with van der Waals surface area (Å²) in [7, 11) is 0. The summed E-state index contributed by atoms with van der Waals surface area (Å²) in [5.74, 6) is -0.944. The Balaban J connectivity index is 1.93. The summed E-state index contributed by atoms with van der Waals surface area (Å²) >= 11 is 0.